The van der Waals surface area contributed by atoms with Gasteiger partial charge in [0.15, 0.2) is 5.60 Å². The van der Waals surface area contributed by atoms with Crippen LogP contribution < -0.4 is 0 Å². The van der Waals surface area contributed by atoms with Gasteiger partial charge < -0.3 is 38.6 Å². The van der Waals surface area contributed by atoms with Gasteiger partial charge in [0.05, 0.1) is 19.3 Å². The molecule has 86 heavy (non-hydrogen) atoms. The first kappa shape index (κ1) is 68.7. The summed E-state index contributed by atoms with van der Waals surface area (Å²) < 4.78 is 68.6. The van der Waals surface area contributed by atoms with E-state index in [1.165, 1.54) is 91.1 Å². The van der Waals surface area contributed by atoms with Crippen LogP contribution >= 0.6 is 0 Å². The highest BCUT2D eigenvalue weighted by Gasteiger charge is 2.61. The molecule has 15 fully saturated rings. The Morgan fingerprint density at radius 2 is 1.02 bits per heavy atom. The quantitative estimate of drug-likeness (QED) is 0.106. The molecule has 14 aliphatic carbocycles. The lowest BCUT2D eigenvalue weighted by Gasteiger charge is -2.60. The molecule has 0 aromatic rings. The van der Waals surface area contributed by atoms with Gasteiger partial charge in [0, 0.05) is 40.7 Å². The zero-order chi connectivity index (χ0) is 63.6. The van der Waals surface area contributed by atoms with Gasteiger partial charge in [0.25, 0.3) is 0 Å². The summed E-state index contributed by atoms with van der Waals surface area (Å²) in [6.45, 7) is 31.7. The number of halogens is 3. The highest BCUT2D eigenvalue weighted by molar-refractivity contribution is 5.90. The second-order valence-electron chi connectivity index (χ2n) is 29.3. The fraction of sp³-hybridized carbons (Fsp3) is 0.768. The Bertz CT molecular complexity index is 2520. The molecule has 0 amide bonds. The van der Waals surface area contributed by atoms with Crippen molar-refractivity contribution in [3.63, 3.8) is 0 Å². The zero-order valence-electron chi connectivity index (χ0n) is 53.0. The third-order valence-corrected chi connectivity index (χ3v) is 21.9. The maximum Gasteiger partial charge on any atom is 0.416 e. The Kier molecular flexibility index (Phi) is 21.7. The summed E-state index contributed by atoms with van der Waals surface area (Å²) in [6.07, 6.45) is 18.9. The Labute approximate surface area is 509 Å². The van der Waals surface area contributed by atoms with Crippen molar-refractivity contribution < 1.29 is 80.6 Å². The van der Waals surface area contributed by atoms with Crippen LogP contribution in [0.15, 0.2) is 60.8 Å². The summed E-state index contributed by atoms with van der Waals surface area (Å²) in [5.74, 6) is 6.28. The third-order valence-electron chi connectivity index (χ3n) is 21.9. The standard InChI is InChI=1S/C16H24O2.C15H22O2.C14H20O3.C11H17F3O.C8H10O4.C5H8O2/c1-4-16(18-15(17)10(2)3)13-6-11-5-12(8-13)9-14(16)7-11;1-9(2)14(16)17-15(3)12-5-10-4-11(7-12)8-13(15)6-10;1-9(2)12(15)17-14-6-10-3-11(7-14)5-13(16,4-10)8-14;1-10(15,11(12,13)14)6-9-5-7-2-3-8(9)4-7;1-5(2)7(9)12-6-3-4-11-8(6)10;1-4(2)5(6)7-3/h11-14H,2,4-9H2,1,3H3;10-13H,1,4-8H2,2-3H3;10-11,16H,1,3-8H2,2H3;7-9,15H,2-6H2,1H3;6H,1,3-4H2,2H3;1H2,2-3H3. The Morgan fingerprint density at radius 3 is 1.38 bits per heavy atom. The molecule has 14 saturated carbocycles. The molecule has 7 atom stereocenters. The molecule has 482 valence electrons. The van der Waals surface area contributed by atoms with Crippen LogP contribution in [0.1, 0.15) is 203 Å². The first-order chi connectivity index (χ1) is 40.0. The average Bonchev–Trinajstić information content (AvgIpc) is 0.953. The van der Waals surface area contributed by atoms with E-state index in [1.807, 2.05) is 0 Å². The number of hydrogen-bond acceptors (Lipinski definition) is 14. The number of rotatable bonds is 12. The van der Waals surface area contributed by atoms with Gasteiger partial charge in [-0.1, -0.05) is 46.2 Å². The molecule has 0 spiro atoms. The normalized spacial score (nSPS) is 38.5. The molecular weight excluding hydrogens is 1110 g/mol. The minimum Gasteiger partial charge on any atom is -0.466 e. The topological polar surface area (TPSA) is 198 Å². The number of fused-ring (bicyclic) bond motifs is 2. The van der Waals surface area contributed by atoms with Crippen LogP contribution in [0, 0.1) is 76.9 Å². The van der Waals surface area contributed by atoms with E-state index in [1.54, 1.807) is 27.7 Å². The minimum atomic E-state index is -4.49. The molecule has 7 unspecified atom stereocenters. The summed E-state index contributed by atoms with van der Waals surface area (Å²) in [5, 5.41) is 19.9. The highest BCUT2D eigenvalue weighted by atomic mass is 19.4. The molecule has 17 heteroatoms. The number of carbonyl (C=O) groups excluding carboxylic acids is 6. The average molecular weight is 1210 g/mol. The lowest BCUT2D eigenvalue weighted by molar-refractivity contribution is -0.259. The van der Waals surface area contributed by atoms with Crippen molar-refractivity contribution in [1.82, 2.24) is 0 Å². The van der Waals surface area contributed by atoms with Gasteiger partial charge in [-0.2, -0.15) is 13.2 Å². The van der Waals surface area contributed by atoms with Crippen LogP contribution in [0.5, 0.6) is 0 Å². The number of ether oxygens (including phenoxy) is 6. The summed E-state index contributed by atoms with van der Waals surface area (Å²) in [5.41, 5.74) is -1.59. The van der Waals surface area contributed by atoms with E-state index >= 15 is 0 Å². The molecule has 1 aliphatic heterocycles. The van der Waals surface area contributed by atoms with Crippen LogP contribution in [0.4, 0.5) is 13.2 Å². The number of aliphatic hydroxyl groups is 2. The summed E-state index contributed by atoms with van der Waals surface area (Å²) >= 11 is 0. The van der Waals surface area contributed by atoms with Gasteiger partial charge in [0.2, 0.25) is 6.10 Å². The monoisotopic (exact) mass is 1210 g/mol. The lowest BCUT2D eigenvalue weighted by atomic mass is 9.49. The second-order valence-corrected chi connectivity index (χ2v) is 29.3. The smallest absolute Gasteiger partial charge is 0.416 e. The number of carbonyl (C=O) groups is 6. The van der Waals surface area contributed by atoms with Gasteiger partial charge in [-0.3, -0.25) is 0 Å². The zero-order valence-corrected chi connectivity index (χ0v) is 53.0. The van der Waals surface area contributed by atoms with E-state index in [4.69, 9.17) is 18.9 Å². The van der Waals surface area contributed by atoms with Crippen LogP contribution in [-0.2, 0) is 57.2 Å². The predicted octanol–water partition coefficient (Wildman–Crippen LogP) is 13.5. The Balaban J connectivity index is 0.000000150. The molecule has 14 bridgehead atoms. The van der Waals surface area contributed by atoms with Crippen molar-refractivity contribution in [1.29, 1.82) is 0 Å². The summed E-state index contributed by atoms with van der Waals surface area (Å²) in [4.78, 5) is 67.4. The second kappa shape index (κ2) is 27.1. The molecule has 0 radical (unpaired) electrons. The molecule has 2 N–H and O–H groups in total. The van der Waals surface area contributed by atoms with Gasteiger partial charge in [0.1, 0.15) is 16.8 Å². The molecule has 14 nitrogen and oxygen atoms in total. The molecule has 0 aromatic carbocycles. The minimum absolute atomic E-state index is 0.0837. The maximum absolute atomic E-state index is 12.5. The van der Waals surface area contributed by atoms with Crippen LogP contribution in [0.2, 0.25) is 0 Å². The Hall–Kier alpha value is -4.77. The summed E-state index contributed by atoms with van der Waals surface area (Å²) in [6, 6.07) is 0. The van der Waals surface area contributed by atoms with Gasteiger partial charge in [-0.25, -0.2) is 28.8 Å². The van der Waals surface area contributed by atoms with Crippen LogP contribution in [0.3, 0.4) is 0 Å². The molecule has 1 heterocycles. The molecule has 1 saturated heterocycles. The molecular formula is C69H101F3O14. The number of alkyl halides is 3. The number of hydrogen-bond donors (Lipinski definition) is 2. The van der Waals surface area contributed by atoms with E-state index in [-0.39, 0.29) is 53.0 Å². The van der Waals surface area contributed by atoms with E-state index < -0.39 is 41.0 Å². The predicted molar refractivity (Wildman–Crippen MR) is 318 cm³/mol. The number of esters is 6. The highest BCUT2D eigenvalue weighted by Crippen LogP contribution is 2.63. The van der Waals surface area contributed by atoms with E-state index in [2.05, 4.69) is 56.2 Å². The van der Waals surface area contributed by atoms with Gasteiger partial charge in [-0.05, 0) is 254 Å². The largest absolute Gasteiger partial charge is 0.466 e. The van der Waals surface area contributed by atoms with E-state index in [0.717, 1.165) is 82.0 Å². The van der Waals surface area contributed by atoms with Gasteiger partial charge in [-0.15, -0.1) is 0 Å². The fourth-order valence-corrected chi connectivity index (χ4v) is 18.4. The molecule has 15 rings (SSSR count). The molecule has 0 aromatic heterocycles. The fourth-order valence-electron chi connectivity index (χ4n) is 18.4. The SMILES string of the molecule is C=C(C)C(=O)OC.C=C(C)C(=O)OC1(C)C2CC3CC(C2)CC1C3.C=C(C)C(=O)OC1(CC)C2CC3CC(C2)CC1C3.C=C(C)C(=O)OC12CC3CC(CC(O)(C3)C1)C2.C=C(C)C(=O)OC1CCOC1=O.CC(O)(CC1CC2CCC1C2)C(F)(F)F. The first-order valence-electron chi connectivity index (χ1n) is 32.0. The molecule has 15 aliphatic rings. The van der Waals surface area contributed by atoms with Crippen molar-refractivity contribution in [2.75, 3.05) is 13.7 Å². The van der Waals surface area contributed by atoms with Crippen LogP contribution in [0.25, 0.3) is 0 Å². The summed E-state index contributed by atoms with van der Waals surface area (Å²) in [7, 11) is 1.33. The number of cyclic esters (lactones) is 1. The van der Waals surface area contributed by atoms with Crippen molar-refractivity contribution in [3.05, 3.63) is 60.8 Å². The van der Waals surface area contributed by atoms with Crippen molar-refractivity contribution >= 4 is 35.8 Å². The Morgan fingerprint density at radius 1 is 0.581 bits per heavy atom. The van der Waals surface area contributed by atoms with Crippen molar-refractivity contribution in [2.24, 2.45) is 76.9 Å². The van der Waals surface area contributed by atoms with Gasteiger partial charge >= 0.3 is 42.0 Å². The van der Waals surface area contributed by atoms with Crippen molar-refractivity contribution in [3.8, 4) is 0 Å². The maximum atomic E-state index is 12.5. The van der Waals surface area contributed by atoms with Crippen molar-refractivity contribution in [2.45, 2.75) is 243 Å². The van der Waals surface area contributed by atoms with E-state index in [9.17, 15) is 52.2 Å². The van der Waals surface area contributed by atoms with Crippen LogP contribution in [-0.4, -0.2) is 100 Å². The van der Waals surface area contributed by atoms with E-state index in [0.29, 0.717) is 89.1 Å². The first-order valence-corrected chi connectivity index (χ1v) is 32.0. The number of methoxy groups -OCH3 is 1. The lowest BCUT2D eigenvalue weighted by Crippen LogP contribution is -2.60. The third kappa shape index (κ3) is 16.0.